The summed E-state index contributed by atoms with van der Waals surface area (Å²) in [5.41, 5.74) is 7.80. The van der Waals surface area contributed by atoms with Crippen LogP contribution in [-0.4, -0.2) is 19.5 Å². The maximum atomic E-state index is 6.28. The molecule has 0 atom stereocenters. The van der Waals surface area contributed by atoms with Crippen molar-refractivity contribution in [2.24, 2.45) is 0 Å². The van der Waals surface area contributed by atoms with E-state index in [9.17, 15) is 0 Å². The zero-order chi connectivity index (χ0) is 29.0. The van der Waals surface area contributed by atoms with Gasteiger partial charge in [0, 0.05) is 50.0 Å². The molecule has 0 bridgehead atoms. The van der Waals surface area contributed by atoms with Gasteiger partial charge in [-0.15, -0.1) is 0 Å². The van der Waals surface area contributed by atoms with E-state index in [-0.39, 0.29) is 0 Å². The molecular weight excluding hydrogens is 540 g/mol. The summed E-state index contributed by atoms with van der Waals surface area (Å²) < 4.78 is 8.58. The second-order valence-electron chi connectivity index (χ2n) is 10.9. The van der Waals surface area contributed by atoms with Crippen LogP contribution in [0.2, 0.25) is 0 Å². The fourth-order valence-electron chi connectivity index (χ4n) is 6.18. The SMILES string of the molecule is c1ccc(-c2nc(-c3ccccc3)nc(-c3ccc4c5ccccc5n(-c5ccc6c(c5)oc5ccccc56)c4c3)n2)cc1. The second kappa shape index (κ2) is 9.75. The second-order valence-corrected chi connectivity index (χ2v) is 10.9. The van der Waals surface area contributed by atoms with Gasteiger partial charge in [-0.25, -0.2) is 15.0 Å². The number of fused-ring (bicyclic) bond motifs is 6. The van der Waals surface area contributed by atoms with Crippen LogP contribution in [0.25, 0.3) is 83.6 Å². The summed E-state index contributed by atoms with van der Waals surface area (Å²) in [5, 5.41) is 4.58. The molecule has 0 aliphatic rings. The lowest BCUT2D eigenvalue weighted by atomic mass is 10.1. The highest BCUT2D eigenvalue weighted by Gasteiger charge is 2.17. The first-order chi connectivity index (χ1) is 21.8. The monoisotopic (exact) mass is 564 g/mol. The summed E-state index contributed by atoms with van der Waals surface area (Å²) in [6, 6.07) is 49.8. The average molecular weight is 565 g/mol. The number of para-hydroxylation sites is 2. The Morgan fingerprint density at radius 3 is 1.66 bits per heavy atom. The maximum Gasteiger partial charge on any atom is 0.164 e. The molecule has 9 rings (SSSR count). The van der Waals surface area contributed by atoms with Crippen LogP contribution in [0.4, 0.5) is 0 Å². The Balaban J connectivity index is 1.28. The molecule has 0 saturated heterocycles. The van der Waals surface area contributed by atoms with Gasteiger partial charge in [-0.2, -0.15) is 0 Å². The Labute approximate surface area is 252 Å². The van der Waals surface area contributed by atoms with Gasteiger partial charge in [0.2, 0.25) is 0 Å². The van der Waals surface area contributed by atoms with Crippen LogP contribution in [0.1, 0.15) is 0 Å². The van der Waals surface area contributed by atoms with Crippen molar-refractivity contribution in [2.45, 2.75) is 0 Å². The zero-order valence-corrected chi connectivity index (χ0v) is 23.6. The molecule has 44 heavy (non-hydrogen) atoms. The predicted molar refractivity (Wildman–Crippen MR) is 178 cm³/mol. The molecular formula is C39H24N4O. The van der Waals surface area contributed by atoms with Gasteiger partial charge in [0.25, 0.3) is 0 Å². The number of hydrogen-bond acceptors (Lipinski definition) is 4. The molecule has 9 aromatic rings. The van der Waals surface area contributed by atoms with Gasteiger partial charge in [-0.1, -0.05) is 109 Å². The van der Waals surface area contributed by atoms with Crippen LogP contribution in [0, 0.1) is 0 Å². The standard InChI is InChI=1S/C39H24N4O/c1-3-11-25(12-4-1)37-40-38(26-13-5-2-6-14-26)42-39(41-37)27-19-21-30-29-15-7-9-17-33(29)43(34(30)23-27)28-20-22-32-31-16-8-10-18-35(31)44-36(32)24-28/h1-24H. The third kappa shape index (κ3) is 3.91. The first-order valence-corrected chi connectivity index (χ1v) is 14.6. The number of benzene rings is 6. The van der Waals surface area contributed by atoms with Crippen molar-refractivity contribution in [1.82, 2.24) is 19.5 Å². The van der Waals surface area contributed by atoms with Crippen LogP contribution in [0.3, 0.4) is 0 Å². The number of rotatable bonds is 4. The molecule has 0 amide bonds. The Kier molecular flexibility index (Phi) is 5.43. The summed E-state index contributed by atoms with van der Waals surface area (Å²) in [5.74, 6) is 1.92. The quantitative estimate of drug-likeness (QED) is 0.213. The summed E-state index contributed by atoms with van der Waals surface area (Å²) in [6.07, 6.45) is 0. The van der Waals surface area contributed by atoms with Crippen LogP contribution in [0.15, 0.2) is 150 Å². The molecule has 0 fully saturated rings. The van der Waals surface area contributed by atoms with Crippen molar-refractivity contribution >= 4 is 43.7 Å². The van der Waals surface area contributed by atoms with E-state index in [4.69, 9.17) is 19.4 Å². The van der Waals surface area contributed by atoms with Crippen molar-refractivity contribution < 1.29 is 4.42 Å². The van der Waals surface area contributed by atoms with E-state index < -0.39 is 0 Å². The lowest BCUT2D eigenvalue weighted by molar-refractivity contribution is 0.668. The highest BCUT2D eigenvalue weighted by atomic mass is 16.3. The lowest BCUT2D eigenvalue weighted by Crippen LogP contribution is -2.00. The summed E-state index contributed by atoms with van der Waals surface area (Å²) in [6.45, 7) is 0. The van der Waals surface area contributed by atoms with E-state index in [1.54, 1.807) is 0 Å². The fraction of sp³-hybridized carbons (Fsp3) is 0. The first-order valence-electron chi connectivity index (χ1n) is 14.6. The Morgan fingerprint density at radius 1 is 0.386 bits per heavy atom. The molecule has 0 saturated carbocycles. The molecule has 6 aromatic carbocycles. The molecule has 0 aliphatic heterocycles. The van der Waals surface area contributed by atoms with E-state index in [1.807, 2.05) is 78.9 Å². The largest absolute Gasteiger partial charge is 0.456 e. The van der Waals surface area contributed by atoms with Gasteiger partial charge in [-0.3, -0.25) is 0 Å². The van der Waals surface area contributed by atoms with Gasteiger partial charge in [-0.05, 0) is 30.3 Å². The number of nitrogens with zero attached hydrogens (tertiary/aromatic N) is 4. The number of hydrogen-bond donors (Lipinski definition) is 0. The molecule has 0 spiro atoms. The number of aromatic nitrogens is 4. The normalized spacial score (nSPS) is 11.6. The van der Waals surface area contributed by atoms with Gasteiger partial charge >= 0.3 is 0 Å². The molecule has 0 unspecified atom stereocenters. The molecule has 3 heterocycles. The third-order valence-corrected chi connectivity index (χ3v) is 8.25. The van der Waals surface area contributed by atoms with Crippen molar-refractivity contribution in [2.75, 3.05) is 0 Å². The van der Waals surface area contributed by atoms with Gasteiger partial charge < -0.3 is 8.98 Å². The van der Waals surface area contributed by atoms with Crippen LogP contribution in [0.5, 0.6) is 0 Å². The minimum atomic E-state index is 0.629. The van der Waals surface area contributed by atoms with Crippen molar-refractivity contribution in [3.8, 4) is 39.9 Å². The van der Waals surface area contributed by atoms with E-state index in [2.05, 4.69) is 71.3 Å². The highest BCUT2D eigenvalue weighted by molar-refractivity contribution is 6.11. The van der Waals surface area contributed by atoms with Gasteiger partial charge in [0.15, 0.2) is 17.5 Å². The Bertz CT molecular complexity index is 2440. The van der Waals surface area contributed by atoms with Crippen LogP contribution in [-0.2, 0) is 0 Å². The Hall–Kier alpha value is -6.07. The smallest absolute Gasteiger partial charge is 0.164 e. The van der Waals surface area contributed by atoms with E-state index in [0.29, 0.717) is 17.5 Å². The molecule has 5 nitrogen and oxygen atoms in total. The van der Waals surface area contributed by atoms with Crippen LogP contribution >= 0.6 is 0 Å². The molecule has 0 aliphatic carbocycles. The van der Waals surface area contributed by atoms with E-state index >= 15 is 0 Å². The average Bonchev–Trinajstić information content (AvgIpc) is 3.63. The topological polar surface area (TPSA) is 56.7 Å². The van der Waals surface area contributed by atoms with Gasteiger partial charge in [0.1, 0.15) is 11.2 Å². The minimum absolute atomic E-state index is 0.629. The fourth-order valence-corrected chi connectivity index (χ4v) is 6.18. The first kappa shape index (κ1) is 24.5. The summed E-state index contributed by atoms with van der Waals surface area (Å²) in [7, 11) is 0. The zero-order valence-electron chi connectivity index (χ0n) is 23.6. The summed E-state index contributed by atoms with van der Waals surface area (Å²) >= 11 is 0. The molecule has 0 N–H and O–H groups in total. The van der Waals surface area contributed by atoms with E-state index in [1.165, 1.54) is 5.39 Å². The maximum absolute atomic E-state index is 6.28. The number of furan rings is 1. The van der Waals surface area contributed by atoms with Gasteiger partial charge in [0.05, 0.1) is 11.0 Å². The Morgan fingerprint density at radius 2 is 0.932 bits per heavy atom. The van der Waals surface area contributed by atoms with E-state index in [0.717, 1.165) is 60.7 Å². The van der Waals surface area contributed by atoms with Crippen LogP contribution < -0.4 is 0 Å². The molecule has 3 aromatic heterocycles. The lowest BCUT2D eigenvalue weighted by Gasteiger charge is -2.10. The summed E-state index contributed by atoms with van der Waals surface area (Å²) in [4.78, 5) is 14.8. The molecule has 0 radical (unpaired) electrons. The third-order valence-electron chi connectivity index (χ3n) is 8.25. The molecule has 206 valence electrons. The highest BCUT2D eigenvalue weighted by Crippen LogP contribution is 2.37. The molecule has 5 heteroatoms. The van der Waals surface area contributed by atoms with Crippen molar-refractivity contribution in [1.29, 1.82) is 0 Å². The minimum Gasteiger partial charge on any atom is -0.456 e. The van der Waals surface area contributed by atoms with Crippen molar-refractivity contribution in [3.05, 3.63) is 146 Å². The predicted octanol–water partition coefficient (Wildman–Crippen LogP) is 9.87. The van der Waals surface area contributed by atoms with Crippen molar-refractivity contribution in [3.63, 3.8) is 0 Å².